The van der Waals surface area contributed by atoms with Gasteiger partial charge >= 0.3 is 12.1 Å². The zero-order valence-electron chi connectivity index (χ0n) is 15.7. The molecule has 0 aliphatic rings. The zero-order valence-corrected chi connectivity index (χ0v) is 15.7. The normalized spacial score (nSPS) is 11.2. The molecule has 29 heavy (non-hydrogen) atoms. The second-order valence-corrected chi connectivity index (χ2v) is 6.16. The fourth-order valence-corrected chi connectivity index (χ4v) is 2.39. The lowest BCUT2D eigenvalue weighted by molar-refractivity contribution is -0.145. The average molecular weight is 398 g/mol. The van der Waals surface area contributed by atoms with Crippen LogP contribution in [0.2, 0.25) is 0 Å². The largest absolute Gasteiger partial charge is 0.456 e. The quantitative estimate of drug-likeness (QED) is 0.466. The summed E-state index contributed by atoms with van der Waals surface area (Å²) in [6, 6.07) is 16.1. The van der Waals surface area contributed by atoms with Crippen molar-refractivity contribution in [2.75, 3.05) is 6.61 Å². The van der Waals surface area contributed by atoms with Crippen LogP contribution < -0.4 is 11.1 Å². The smallest absolute Gasteiger partial charge is 0.408 e. The van der Waals surface area contributed by atoms with Crippen LogP contribution in [-0.4, -0.2) is 36.4 Å². The molecule has 2 aromatic carbocycles. The van der Waals surface area contributed by atoms with Crippen molar-refractivity contribution >= 4 is 23.8 Å². The Morgan fingerprint density at radius 3 is 2.14 bits per heavy atom. The number of carbonyl (C=O) groups is 4. The Balaban J connectivity index is 1.89. The van der Waals surface area contributed by atoms with Crippen LogP contribution in [0.5, 0.6) is 0 Å². The Labute approximate surface area is 168 Å². The van der Waals surface area contributed by atoms with Crippen LogP contribution in [0.1, 0.15) is 28.8 Å². The molecular weight excluding hydrogens is 376 g/mol. The number of alkyl carbamates (subject to hydrolysis) is 1. The predicted molar refractivity (Wildman–Crippen MR) is 104 cm³/mol. The topological polar surface area (TPSA) is 125 Å². The SMILES string of the molecule is NC(=O)CC[C@@H](NC(=O)OCc1ccccc1)C(=O)OCC(=O)c1ccccc1. The second kappa shape index (κ2) is 11.2. The molecule has 8 heteroatoms. The van der Waals surface area contributed by atoms with Gasteiger partial charge in [-0.2, -0.15) is 0 Å². The monoisotopic (exact) mass is 398 g/mol. The van der Waals surface area contributed by atoms with Crippen molar-refractivity contribution in [3.05, 3.63) is 71.8 Å². The van der Waals surface area contributed by atoms with E-state index in [0.29, 0.717) is 5.56 Å². The third-order valence-electron chi connectivity index (χ3n) is 3.91. The number of carbonyl (C=O) groups excluding carboxylic acids is 4. The van der Waals surface area contributed by atoms with Crippen molar-refractivity contribution in [1.29, 1.82) is 0 Å². The first-order valence-corrected chi connectivity index (χ1v) is 8.96. The average Bonchev–Trinajstić information content (AvgIpc) is 2.74. The molecule has 1 atom stereocenters. The van der Waals surface area contributed by atoms with Gasteiger partial charge in [0, 0.05) is 12.0 Å². The van der Waals surface area contributed by atoms with Gasteiger partial charge in [-0.3, -0.25) is 9.59 Å². The number of nitrogens with one attached hydrogen (secondary N) is 1. The Bertz CT molecular complexity index is 839. The molecule has 0 spiro atoms. The molecule has 3 N–H and O–H groups in total. The molecule has 2 amide bonds. The van der Waals surface area contributed by atoms with E-state index in [-0.39, 0.29) is 25.2 Å². The van der Waals surface area contributed by atoms with Crippen molar-refractivity contribution in [1.82, 2.24) is 5.32 Å². The molecular formula is C21H22N2O6. The van der Waals surface area contributed by atoms with Gasteiger partial charge in [-0.05, 0) is 12.0 Å². The van der Waals surface area contributed by atoms with E-state index in [9.17, 15) is 19.2 Å². The number of ketones is 1. The van der Waals surface area contributed by atoms with Crippen LogP contribution in [0.3, 0.4) is 0 Å². The minimum Gasteiger partial charge on any atom is -0.456 e. The number of esters is 1. The van der Waals surface area contributed by atoms with E-state index in [4.69, 9.17) is 15.2 Å². The highest BCUT2D eigenvalue weighted by atomic mass is 16.6. The Morgan fingerprint density at radius 1 is 0.897 bits per heavy atom. The van der Waals surface area contributed by atoms with E-state index in [1.807, 2.05) is 6.07 Å². The fourth-order valence-electron chi connectivity index (χ4n) is 2.39. The number of hydrogen-bond donors (Lipinski definition) is 2. The van der Waals surface area contributed by atoms with Crippen LogP contribution in [0.4, 0.5) is 4.79 Å². The molecule has 0 aliphatic heterocycles. The maximum Gasteiger partial charge on any atom is 0.408 e. The van der Waals surface area contributed by atoms with Gasteiger partial charge in [-0.1, -0.05) is 60.7 Å². The lowest BCUT2D eigenvalue weighted by Gasteiger charge is -2.17. The van der Waals surface area contributed by atoms with Gasteiger partial charge in [0.1, 0.15) is 12.6 Å². The molecule has 0 heterocycles. The lowest BCUT2D eigenvalue weighted by Crippen LogP contribution is -2.43. The van der Waals surface area contributed by atoms with E-state index in [1.165, 1.54) is 0 Å². The highest BCUT2D eigenvalue weighted by molar-refractivity contribution is 5.98. The maximum atomic E-state index is 12.3. The van der Waals surface area contributed by atoms with Crippen LogP contribution >= 0.6 is 0 Å². The molecule has 8 nitrogen and oxygen atoms in total. The standard InChI is InChI=1S/C21H22N2O6/c22-19(25)12-11-17(23-21(27)29-13-15-7-3-1-4-8-15)20(26)28-14-18(24)16-9-5-2-6-10-16/h1-10,17H,11-14H2,(H2,22,25)(H,23,27)/t17-/m1/s1. The van der Waals surface area contributed by atoms with Gasteiger partial charge in [0.15, 0.2) is 12.4 Å². The summed E-state index contributed by atoms with van der Waals surface area (Å²) in [5.74, 6) is -1.88. The molecule has 0 aromatic heterocycles. The molecule has 2 aromatic rings. The third kappa shape index (κ3) is 7.84. The van der Waals surface area contributed by atoms with Crippen molar-refractivity contribution in [2.45, 2.75) is 25.5 Å². The van der Waals surface area contributed by atoms with Gasteiger partial charge in [-0.15, -0.1) is 0 Å². The van der Waals surface area contributed by atoms with E-state index < -0.39 is 30.6 Å². The molecule has 2 rings (SSSR count). The number of benzene rings is 2. The Kier molecular flexibility index (Phi) is 8.37. The highest BCUT2D eigenvalue weighted by Crippen LogP contribution is 2.05. The minimum atomic E-state index is -1.17. The summed E-state index contributed by atoms with van der Waals surface area (Å²) in [5, 5.41) is 2.35. The van der Waals surface area contributed by atoms with E-state index >= 15 is 0 Å². The summed E-state index contributed by atoms with van der Waals surface area (Å²) in [7, 11) is 0. The summed E-state index contributed by atoms with van der Waals surface area (Å²) >= 11 is 0. The number of ether oxygens (including phenoxy) is 2. The zero-order chi connectivity index (χ0) is 21.1. The van der Waals surface area contributed by atoms with Crippen molar-refractivity contribution in [3.8, 4) is 0 Å². The summed E-state index contributed by atoms with van der Waals surface area (Å²) in [4.78, 5) is 47.4. The van der Waals surface area contributed by atoms with E-state index in [0.717, 1.165) is 5.56 Å². The number of rotatable bonds is 10. The number of amides is 2. The maximum absolute atomic E-state index is 12.3. The first-order valence-electron chi connectivity index (χ1n) is 8.96. The van der Waals surface area contributed by atoms with Gasteiger partial charge in [0.25, 0.3) is 0 Å². The van der Waals surface area contributed by atoms with Crippen LogP contribution in [0.15, 0.2) is 60.7 Å². The Hall–Kier alpha value is -3.68. The van der Waals surface area contributed by atoms with Crippen molar-refractivity contribution in [3.63, 3.8) is 0 Å². The summed E-state index contributed by atoms with van der Waals surface area (Å²) < 4.78 is 10.1. The second-order valence-electron chi connectivity index (χ2n) is 6.16. The molecule has 0 aliphatic carbocycles. The number of hydrogen-bond acceptors (Lipinski definition) is 6. The van der Waals surface area contributed by atoms with Crippen LogP contribution in [0, 0.1) is 0 Å². The first kappa shape index (κ1) is 21.6. The van der Waals surface area contributed by atoms with Crippen molar-refractivity contribution in [2.24, 2.45) is 5.73 Å². The molecule has 0 bridgehead atoms. The van der Waals surface area contributed by atoms with Crippen LogP contribution in [-0.2, 0) is 25.7 Å². The molecule has 0 unspecified atom stereocenters. The van der Waals surface area contributed by atoms with Gasteiger partial charge in [0.2, 0.25) is 5.91 Å². The minimum absolute atomic E-state index is 0.0107. The third-order valence-corrected chi connectivity index (χ3v) is 3.91. The van der Waals surface area contributed by atoms with E-state index in [1.54, 1.807) is 54.6 Å². The number of primary amides is 1. The first-order chi connectivity index (χ1) is 14.0. The summed E-state index contributed by atoms with van der Waals surface area (Å²) in [6.45, 7) is -0.479. The molecule has 0 fully saturated rings. The van der Waals surface area contributed by atoms with Crippen molar-refractivity contribution < 1.29 is 28.7 Å². The van der Waals surface area contributed by atoms with Gasteiger partial charge in [-0.25, -0.2) is 9.59 Å². The van der Waals surface area contributed by atoms with Gasteiger partial charge in [0.05, 0.1) is 0 Å². The number of nitrogens with two attached hydrogens (primary N) is 1. The van der Waals surface area contributed by atoms with Crippen LogP contribution in [0.25, 0.3) is 0 Å². The summed E-state index contributed by atoms with van der Waals surface area (Å²) in [5.41, 5.74) is 6.28. The number of Topliss-reactive ketones (excluding diaryl/α,β-unsaturated/α-hetero) is 1. The predicted octanol–water partition coefficient (Wildman–Crippen LogP) is 1.97. The highest BCUT2D eigenvalue weighted by Gasteiger charge is 2.24. The molecule has 0 radical (unpaired) electrons. The molecule has 0 saturated carbocycles. The van der Waals surface area contributed by atoms with E-state index in [2.05, 4.69) is 5.32 Å². The summed E-state index contributed by atoms with van der Waals surface area (Å²) in [6.07, 6.45) is -1.07. The lowest BCUT2D eigenvalue weighted by atomic mass is 10.1. The van der Waals surface area contributed by atoms with Gasteiger partial charge < -0.3 is 20.5 Å². The molecule has 152 valence electrons. The Morgan fingerprint density at radius 2 is 1.52 bits per heavy atom. The molecule has 0 saturated heterocycles. The fraction of sp³-hybridized carbons (Fsp3) is 0.238.